The van der Waals surface area contributed by atoms with E-state index in [4.69, 9.17) is 4.74 Å². The molecule has 0 radical (unpaired) electrons. The summed E-state index contributed by atoms with van der Waals surface area (Å²) in [7, 11) is 0. The summed E-state index contributed by atoms with van der Waals surface area (Å²) in [5.41, 5.74) is -0.425. The molecule has 4 nitrogen and oxygen atoms in total. The molecule has 4 rings (SSSR count). The maximum Gasteiger partial charge on any atom is 0.302 e. The number of esters is 1. The molecule has 4 fully saturated rings. The number of carbonyl (C=O) groups excluding carboxylic acids is 1. The molecule has 7 unspecified atom stereocenters. The fourth-order valence-corrected chi connectivity index (χ4v) is 8.23. The van der Waals surface area contributed by atoms with Crippen molar-refractivity contribution in [2.45, 2.75) is 90.8 Å². The van der Waals surface area contributed by atoms with Crippen molar-refractivity contribution in [3.05, 3.63) is 0 Å². The highest BCUT2D eigenvalue weighted by Crippen LogP contribution is 2.72. The van der Waals surface area contributed by atoms with Gasteiger partial charge in [0.15, 0.2) is 0 Å². The zero-order valence-corrected chi connectivity index (χ0v) is 16.9. The van der Waals surface area contributed by atoms with Gasteiger partial charge in [-0.3, -0.25) is 4.79 Å². The summed E-state index contributed by atoms with van der Waals surface area (Å²) in [6.45, 7) is 8.57. The van der Waals surface area contributed by atoms with E-state index in [1.807, 2.05) is 0 Å². The molecule has 4 heteroatoms. The van der Waals surface area contributed by atoms with Crippen LogP contribution in [0.5, 0.6) is 0 Å². The molecule has 0 aromatic heterocycles. The van der Waals surface area contributed by atoms with Gasteiger partial charge in [-0.05, 0) is 85.4 Å². The van der Waals surface area contributed by atoms with Gasteiger partial charge in [0.05, 0.1) is 6.10 Å². The maximum atomic E-state index is 11.4. The van der Waals surface area contributed by atoms with Crippen LogP contribution in [-0.4, -0.2) is 34.5 Å². The van der Waals surface area contributed by atoms with E-state index in [0.717, 1.165) is 44.9 Å². The summed E-state index contributed by atoms with van der Waals surface area (Å²) >= 11 is 0. The second-order valence-corrected chi connectivity index (χ2v) is 10.9. The Bertz CT molecular complexity index is 601. The Kier molecular flexibility index (Phi) is 4.11. The normalized spacial score (nSPS) is 52.1. The van der Waals surface area contributed by atoms with E-state index in [-0.39, 0.29) is 40.8 Å². The van der Waals surface area contributed by atoms with Gasteiger partial charge in [-0.25, -0.2) is 0 Å². The zero-order chi connectivity index (χ0) is 19.0. The topological polar surface area (TPSA) is 66.8 Å². The van der Waals surface area contributed by atoms with E-state index in [9.17, 15) is 15.0 Å². The van der Waals surface area contributed by atoms with Crippen LogP contribution in [0.1, 0.15) is 79.1 Å². The lowest BCUT2D eigenvalue weighted by atomic mass is 9.41. The fourth-order valence-electron chi connectivity index (χ4n) is 8.23. The van der Waals surface area contributed by atoms with Crippen LogP contribution in [0, 0.1) is 34.0 Å². The fraction of sp³-hybridized carbons (Fsp3) is 0.955. The van der Waals surface area contributed by atoms with E-state index in [2.05, 4.69) is 20.8 Å². The van der Waals surface area contributed by atoms with Gasteiger partial charge in [0.2, 0.25) is 0 Å². The van der Waals surface area contributed by atoms with Gasteiger partial charge in [-0.1, -0.05) is 20.8 Å². The Morgan fingerprint density at radius 2 is 1.81 bits per heavy atom. The number of fused-ring (bicyclic) bond motifs is 3. The van der Waals surface area contributed by atoms with Crippen molar-refractivity contribution in [3.8, 4) is 0 Å². The van der Waals surface area contributed by atoms with Gasteiger partial charge in [-0.2, -0.15) is 0 Å². The van der Waals surface area contributed by atoms with Crippen LogP contribution in [0.25, 0.3) is 0 Å². The van der Waals surface area contributed by atoms with E-state index in [0.29, 0.717) is 11.8 Å². The van der Waals surface area contributed by atoms with Gasteiger partial charge in [0.1, 0.15) is 12.2 Å². The Morgan fingerprint density at radius 1 is 1.08 bits per heavy atom. The van der Waals surface area contributed by atoms with Crippen molar-refractivity contribution < 1.29 is 19.7 Å². The number of carbonyl (C=O) groups is 1. The summed E-state index contributed by atoms with van der Waals surface area (Å²) in [5, 5.41) is 22.0. The minimum Gasteiger partial charge on any atom is -0.463 e. The number of aliphatic hydroxyl groups is 2. The number of hydrogen-bond acceptors (Lipinski definition) is 4. The quantitative estimate of drug-likeness (QED) is 0.734. The first kappa shape index (κ1) is 18.7. The lowest BCUT2D eigenvalue weighted by molar-refractivity contribution is -0.181. The lowest BCUT2D eigenvalue weighted by Gasteiger charge is -2.64. The van der Waals surface area contributed by atoms with Crippen LogP contribution in [0.4, 0.5) is 0 Å². The first-order chi connectivity index (χ1) is 12.0. The molecule has 0 aromatic carbocycles. The van der Waals surface area contributed by atoms with E-state index >= 15 is 0 Å². The number of ether oxygens (including phenoxy) is 1. The van der Waals surface area contributed by atoms with Gasteiger partial charge < -0.3 is 14.9 Å². The van der Waals surface area contributed by atoms with Crippen molar-refractivity contribution in [1.29, 1.82) is 0 Å². The molecule has 1 spiro atoms. The molecule has 0 amide bonds. The van der Waals surface area contributed by atoms with Crippen LogP contribution < -0.4 is 0 Å². The predicted octanol–water partition coefficient (Wildman–Crippen LogP) is 3.68. The third-order valence-corrected chi connectivity index (χ3v) is 9.38. The minimum absolute atomic E-state index is 0.0297. The lowest BCUT2D eigenvalue weighted by Crippen LogP contribution is -2.59. The molecule has 4 aliphatic carbocycles. The highest BCUT2D eigenvalue weighted by molar-refractivity contribution is 5.66. The first-order valence-electron chi connectivity index (χ1n) is 10.6. The zero-order valence-electron chi connectivity index (χ0n) is 16.9. The molecule has 7 atom stereocenters. The highest BCUT2D eigenvalue weighted by Gasteiger charge is 2.68. The first-order valence-corrected chi connectivity index (χ1v) is 10.6. The smallest absolute Gasteiger partial charge is 0.302 e. The second kappa shape index (κ2) is 5.70. The molecule has 4 aliphatic rings. The van der Waals surface area contributed by atoms with Gasteiger partial charge in [0, 0.05) is 6.92 Å². The Balaban J connectivity index is 1.63. The highest BCUT2D eigenvalue weighted by atomic mass is 16.5. The molecule has 0 saturated heterocycles. The molecule has 2 bridgehead atoms. The van der Waals surface area contributed by atoms with E-state index in [1.54, 1.807) is 0 Å². The van der Waals surface area contributed by atoms with Crippen molar-refractivity contribution in [2.24, 2.45) is 34.0 Å². The number of rotatable bonds is 2. The van der Waals surface area contributed by atoms with Gasteiger partial charge in [0.25, 0.3) is 0 Å². The summed E-state index contributed by atoms with van der Waals surface area (Å²) in [5.74, 6) is 1.13. The van der Waals surface area contributed by atoms with Crippen molar-refractivity contribution in [3.63, 3.8) is 0 Å². The number of hydrogen-bond donors (Lipinski definition) is 2. The van der Waals surface area contributed by atoms with Gasteiger partial charge >= 0.3 is 5.97 Å². The van der Waals surface area contributed by atoms with Crippen LogP contribution in [0.3, 0.4) is 0 Å². The Hall–Kier alpha value is -0.610. The van der Waals surface area contributed by atoms with Crippen LogP contribution in [-0.2, 0) is 9.53 Å². The third kappa shape index (κ3) is 2.44. The molecule has 0 aliphatic heterocycles. The van der Waals surface area contributed by atoms with Crippen LogP contribution in [0.2, 0.25) is 0 Å². The maximum absolute atomic E-state index is 11.4. The van der Waals surface area contributed by atoms with Crippen molar-refractivity contribution in [2.75, 3.05) is 6.61 Å². The van der Waals surface area contributed by atoms with Crippen molar-refractivity contribution in [1.82, 2.24) is 0 Å². The van der Waals surface area contributed by atoms with Gasteiger partial charge in [-0.15, -0.1) is 0 Å². The average Bonchev–Trinajstić information content (AvgIpc) is 2.76. The second-order valence-electron chi connectivity index (χ2n) is 10.9. The van der Waals surface area contributed by atoms with E-state index < -0.39 is 5.60 Å². The average molecular weight is 365 g/mol. The molecular formula is C22H36O4. The van der Waals surface area contributed by atoms with Crippen LogP contribution >= 0.6 is 0 Å². The molecule has 148 valence electrons. The Morgan fingerprint density at radius 3 is 2.50 bits per heavy atom. The molecule has 0 heterocycles. The number of aliphatic hydroxyl groups excluding tert-OH is 1. The monoisotopic (exact) mass is 364 g/mol. The molecule has 2 N–H and O–H groups in total. The summed E-state index contributed by atoms with van der Waals surface area (Å²) in [6, 6.07) is 0. The summed E-state index contributed by atoms with van der Waals surface area (Å²) in [4.78, 5) is 11.3. The molecule has 4 saturated carbocycles. The Labute approximate surface area is 157 Å². The predicted molar refractivity (Wildman–Crippen MR) is 99.3 cm³/mol. The third-order valence-electron chi connectivity index (χ3n) is 9.38. The molecule has 26 heavy (non-hydrogen) atoms. The molecule has 0 aromatic rings. The van der Waals surface area contributed by atoms with E-state index in [1.165, 1.54) is 13.3 Å². The van der Waals surface area contributed by atoms with Crippen molar-refractivity contribution >= 4 is 5.97 Å². The standard InChI is InChI=1S/C22H36O4/c1-14(23)26-13-22(25)12-21-10-7-16-19(2,3)18(24)8-9-20(16,4)17(21)6-5-15(22)11-21/h15-18,24-25H,5-13H2,1-4H3. The largest absolute Gasteiger partial charge is 0.463 e. The van der Waals surface area contributed by atoms with Crippen LogP contribution in [0.15, 0.2) is 0 Å². The molecular weight excluding hydrogens is 328 g/mol. The summed E-state index contributed by atoms with van der Waals surface area (Å²) < 4.78 is 5.27. The minimum atomic E-state index is -0.840. The summed E-state index contributed by atoms with van der Waals surface area (Å²) in [6.07, 6.45) is 8.17. The SMILES string of the molecule is CC(=O)OCC1(O)CC23CCC4C(C)(C)C(O)CCC4(C)C2CCC1C3.